The van der Waals surface area contributed by atoms with E-state index >= 15 is 0 Å². The molecular weight excluding hydrogens is 555 g/mol. The van der Waals surface area contributed by atoms with Crippen LogP contribution in [0.15, 0.2) is 60.7 Å². The standard InChI is InChI=1S/C30H26F3N3O6/c1-41-22-12-11-17(15-23(22)42-2)27(37)25-24(16-6-3-7-18(14-16)36(39)40)21-10-5-13-35(21)29(25)19-8-4-9-20(30(31,32)33)26(19)34-28(29)38/h3-4,6-9,11-12,14-15,21,24-25H,5,10,13H2,1-2H3,(H,34,38)/t21?,24?,25?,29-/m1/s1. The van der Waals surface area contributed by atoms with Crippen molar-refractivity contribution >= 4 is 23.1 Å². The molecule has 3 aromatic rings. The second-order valence-electron chi connectivity index (χ2n) is 10.6. The Hall–Kier alpha value is -4.45. The van der Waals surface area contributed by atoms with Crippen molar-refractivity contribution in [2.75, 3.05) is 26.1 Å². The second kappa shape index (κ2) is 9.83. The summed E-state index contributed by atoms with van der Waals surface area (Å²) in [7, 11) is 2.85. The summed E-state index contributed by atoms with van der Waals surface area (Å²) in [4.78, 5) is 41.8. The molecule has 9 nitrogen and oxygen atoms in total. The van der Waals surface area contributed by atoms with Crippen LogP contribution in [0.3, 0.4) is 0 Å². The first-order chi connectivity index (χ1) is 20.0. The first kappa shape index (κ1) is 27.7. The average molecular weight is 582 g/mol. The van der Waals surface area contributed by atoms with E-state index in [-0.39, 0.29) is 28.3 Å². The molecule has 3 aliphatic heterocycles. The molecule has 0 aliphatic carbocycles. The fraction of sp³-hybridized carbons (Fsp3) is 0.333. The minimum absolute atomic E-state index is 0.0704. The number of para-hydroxylation sites is 1. The number of amides is 1. The van der Waals surface area contributed by atoms with Crippen molar-refractivity contribution in [3.63, 3.8) is 0 Å². The molecular formula is C30H26F3N3O6. The highest BCUT2D eigenvalue weighted by molar-refractivity contribution is 6.13. The number of fused-ring (bicyclic) bond motifs is 4. The van der Waals surface area contributed by atoms with E-state index in [9.17, 15) is 32.9 Å². The maximum absolute atomic E-state index is 14.7. The number of carbonyl (C=O) groups excluding carboxylic acids is 2. The molecule has 6 rings (SSSR count). The number of carbonyl (C=O) groups is 2. The molecule has 42 heavy (non-hydrogen) atoms. The third-order valence-corrected chi connectivity index (χ3v) is 8.76. The van der Waals surface area contributed by atoms with Gasteiger partial charge in [-0.1, -0.05) is 24.3 Å². The van der Waals surface area contributed by atoms with Crippen molar-refractivity contribution in [2.45, 2.75) is 36.5 Å². The summed E-state index contributed by atoms with van der Waals surface area (Å²) in [6.45, 7) is 0.356. The van der Waals surface area contributed by atoms with Crippen molar-refractivity contribution in [1.29, 1.82) is 0 Å². The number of benzene rings is 3. The van der Waals surface area contributed by atoms with Gasteiger partial charge in [-0.25, -0.2) is 0 Å². The zero-order valence-electron chi connectivity index (χ0n) is 22.6. The maximum atomic E-state index is 14.7. The minimum atomic E-state index is -4.75. The minimum Gasteiger partial charge on any atom is -0.493 e. The molecule has 4 atom stereocenters. The monoisotopic (exact) mass is 581 g/mol. The maximum Gasteiger partial charge on any atom is 0.418 e. The predicted octanol–water partition coefficient (Wildman–Crippen LogP) is 5.54. The van der Waals surface area contributed by atoms with Gasteiger partial charge in [0.05, 0.1) is 36.3 Å². The molecule has 2 saturated heterocycles. The lowest BCUT2D eigenvalue weighted by Gasteiger charge is -2.37. The summed E-state index contributed by atoms with van der Waals surface area (Å²) in [5.41, 5.74) is -2.64. The van der Waals surface area contributed by atoms with Crippen molar-refractivity contribution in [3.8, 4) is 11.5 Å². The van der Waals surface area contributed by atoms with Crippen LogP contribution in [0, 0.1) is 16.0 Å². The Morgan fingerprint density at radius 3 is 2.50 bits per heavy atom. The number of ketones is 1. The van der Waals surface area contributed by atoms with Crippen molar-refractivity contribution in [2.24, 2.45) is 5.92 Å². The van der Waals surface area contributed by atoms with Crippen molar-refractivity contribution < 1.29 is 37.2 Å². The van der Waals surface area contributed by atoms with Gasteiger partial charge in [-0.2, -0.15) is 13.2 Å². The van der Waals surface area contributed by atoms with Crippen LogP contribution in [0.5, 0.6) is 11.5 Å². The van der Waals surface area contributed by atoms with Gasteiger partial charge >= 0.3 is 6.18 Å². The molecule has 12 heteroatoms. The van der Waals surface area contributed by atoms with Crippen LogP contribution in [0.4, 0.5) is 24.5 Å². The summed E-state index contributed by atoms with van der Waals surface area (Å²) in [6, 6.07) is 13.6. The number of nitrogens with zero attached hydrogens (tertiary/aromatic N) is 2. The normalized spacial score (nSPS) is 24.8. The zero-order chi connectivity index (χ0) is 30.0. The Bertz CT molecular complexity index is 1630. The van der Waals surface area contributed by atoms with Gasteiger partial charge < -0.3 is 14.8 Å². The summed E-state index contributed by atoms with van der Waals surface area (Å²) in [5, 5.41) is 14.2. The van der Waals surface area contributed by atoms with E-state index in [0.717, 1.165) is 6.07 Å². The smallest absolute Gasteiger partial charge is 0.418 e. The number of hydrogen-bond donors (Lipinski definition) is 1. The van der Waals surface area contributed by atoms with Gasteiger partial charge in [0, 0.05) is 35.2 Å². The van der Waals surface area contributed by atoms with Crippen LogP contribution in [-0.4, -0.2) is 48.3 Å². The van der Waals surface area contributed by atoms with Crippen molar-refractivity contribution in [1.82, 2.24) is 4.90 Å². The largest absolute Gasteiger partial charge is 0.493 e. The van der Waals surface area contributed by atoms with E-state index < -0.39 is 51.8 Å². The van der Waals surface area contributed by atoms with Crippen LogP contribution in [0.25, 0.3) is 0 Å². The SMILES string of the molecule is COc1ccc(C(=O)C2C(c3cccc([N+](=O)[O-])c3)C3CCCN3[C@@]23C(=O)Nc2c(C(F)(F)F)cccc23)cc1OC. The van der Waals surface area contributed by atoms with Gasteiger partial charge in [-0.3, -0.25) is 24.6 Å². The summed E-state index contributed by atoms with van der Waals surface area (Å²) >= 11 is 0. The molecule has 0 aromatic heterocycles. The molecule has 0 bridgehead atoms. The number of Topliss-reactive ketones (excluding diaryl/α,β-unsaturated/α-hetero) is 1. The molecule has 1 spiro atoms. The lowest BCUT2D eigenvalue weighted by atomic mass is 9.68. The van der Waals surface area contributed by atoms with Crippen molar-refractivity contribution in [3.05, 3.63) is 93.0 Å². The molecule has 3 aliphatic rings. The third kappa shape index (κ3) is 3.88. The fourth-order valence-corrected chi connectivity index (χ4v) is 7.21. The Morgan fingerprint density at radius 2 is 1.81 bits per heavy atom. The average Bonchev–Trinajstić information content (AvgIpc) is 3.64. The van der Waals surface area contributed by atoms with E-state index in [1.54, 1.807) is 12.1 Å². The number of methoxy groups -OCH3 is 2. The molecule has 0 saturated carbocycles. The highest BCUT2D eigenvalue weighted by Gasteiger charge is 2.70. The number of non-ortho nitro benzene ring substituents is 1. The van der Waals surface area contributed by atoms with Crippen LogP contribution < -0.4 is 14.8 Å². The molecule has 2 fully saturated rings. The lowest BCUT2D eigenvalue weighted by Crippen LogP contribution is -2.52. The molecule has 3 aromatic carbocycles. The number of nitro benzene ring substituents is 1. The quantitative estimate of drug-likeness (QED) is 0.231. The van der Waals surface area contributed by atoms with E-state index in [4.69, 9.17) is 9.47 Å². The first-order valence-electron chi connectivity index (χ1n) is 13.3. The number of nitrogens with one attached hydrogen (secondary N) is 1. The van der Waals surface area contributed by atoms with Crippen LogP contribution in [0.1, 0.15) is 45.8 Å². The number of ether oxygens (including phenoxy) is 2. The van der Waals surface area contributed by atoms with Gasteiger partial charge in [0.25, 0.3) is 5.69 Å². The number of nitro groups is 1. The third-order valence-electron chi connectivity index (χ3n) is 8.76. The molecule has 218 valence electrons. The van der Waals surface area contributed by atoms with Gasteiger partial charge in [-0.15, -0.1) is 0 Å². The van der Waals surface area contributed by atoms with Gasteiger partial charge in [0.15, 0.2) is 17.3 Å². The zero-order valence-corrected chi connectivity index (χ0v) is 22.6. The number of rotatable bonds is 6. The Labute approximate surface area is 238 Å². The van der Waals surface area contributed by atoms with Crippen LogP contribution in [0.2, 0.25) is 0 Å². The van der Waals surface area contributed by atoms with E-state index in [2.05, 4.69) is 5.32 Å². The predicted molar refractivity (Wildman–Crippen MR) is 145 cm³/mol. The van der Waals surface area contributed by atoms with Crippen LogP contribution >= 0.6 is 0 Å². The number of alkyl halides is 3. The molecule has 1 N–H and O–H groups in total. The Morgan fingerprint density at radius 1 is 1.07 bits per heavy atom. The van der Waals surface area contributed by atoms with Crippen LogP contribution in [-0.2, 0) is 16.5 Å². The molecule has 3 unspecified atom stereocenters. The Balaban J connectivity index is 1.63. The Kier molecular flexibility index (Phi) is 6.48. The summed E-state index contributed by atoms with van der Waals surface area (Å²) in [5.74, 6) is -2.55. The van der Waals surface area contributed by atoms with Gasteiger partial charge in [0.2, 0.25) is 5.91 Å². The second-order valence-corrected chi connectivity index (χ2v) is 10.6. The lowest BCUT2D eigenvalue weighted by molar-refractivity contribution is -0.384. The highest BCUT2D eigenvalue weighted by Crippen LogP contribution is 2.62. The summed E-state index contributed by atoms with van der Waals surface area (Å²) in [6.07, 6.45) is -3.57. The summed E-state index contributed by atoms with van der Waals surface area (Å²) < 4.78 is 53.1. The van der Waals surface area contributed by atoms with E-state index in [0.29, 0.717) is 30.7 Å². The van der Waals surface area contributed by atoms with E-state index in [1.807, 2.05) is 4.90 Å². The number of halogens is 3. The van der Waals surface area contributed by atoms with Gasteiger partial charge in [0.1, 0.15) is 5.54 Å². The highest BCUT2D eigenvalue weighted by atomic mass is 19.4. The van der Waals surface area contributed by atoms with E-state index in [1.165, 1.54) is 56.7 Å². The molecule has 1 amide bonds. The van der Waals surface area contributed by atoms with Gasteiger partial charge in [-0.05, 0) is 49.2 Å². The molecule has 0 radical (unpaired) electrons. The molecule has 3 heterocycles. The first-order valence-corrected chi connectivity index (χ1v) is 13.3. The topological polar surface area (TPSA) is 111 Å². The number of hydrogen-bond acceptors (Lipinski definition) is 7. The number of anilines is 1. The fourth-order valence-electron chi connectivity index (χ4n) is 7.21.